The number of rotatable bonds is 2. The highest BCUT2D eigenvalue weighted by molar-refractivity contribution is 5.79. The lowest BCUT2D eigenvalue weighted by molar-refractivity contribution is 0.627. The Morgan fingerprint density at radius 1 is 0.864 bits per heavy atom. The first kappa shape index (κ1) is 12.6. The minimum Gasteiger partial charge on any atom is -0.275 e. The normalized spacial score (nSPS) is 11.0. The fraction of sp³-hybridized carbons (Fsp3) is 0. The van der Waals surface area contributed by atoms with Crippen LogP contribution in [0.4, 0.5) is 4.39 Å². The number of fused-ring (bicyclic) bond motifs is 1. The number of halogens is 1. The number of pyridine rings is 2. The van der Waals surface area contributed by atoms with Gasteiger partial charge in [0, 0.05) is 12.4 Å². The number of nitrogens with zero attached hydrogens (tertiary/aromatic N) is 4. The molecule has 0 aliphatic carbocycles. The predicted octanol–water partition coefficient (Wildman–Crippen LogP) is 3.62. The van der Waals surface area contributed by atoms with Crippen LogP contribution >= 0.6 is 0 Å². The van der Waals surface area contributed by atoms with Gasteiger partial charge in [0.1, 0.15) is 17.0 Å². The highest BCUT2D eigenvalue weighted by Crippen LogP contribution is 2.26. The van der Waals surface area contributed by atoms with Crippen molar-refractivity contribution in [2.45, 2.75) is 0 Å². The first-order valence-electron chi connectivity index (χ1n) is 6.84. The molecule has 0 saturated heterocycles. The van der Waals surface area contributed by atoms with E-state index in [-0.39, 0.29) is 5.82 Å². The van der Waals surface area contributed by atoms with Gasteiger partial charge in [0.05, 0.1) is 5.69 Å². The van der Waals surface area contributed by atoms with Crippen molar-refractivity contribution in [1.29, 1.82) is 0 Å². The van der Waals surface area contributed by atoms with Gasteiger partial charge in [-0.2, -0.15) is 0 Å². The van der Waals surface area contributed by atoms with E-state index in [0.717, 1.165) is 5.52 Å². The summed E-state index contributed by atoms with van der Waals surface area (Å²) >= 11 is 0. The molecule has 0 amide bonds. The Labute approximate surface area is 125 Å². The molecule has 0 unspecified atom stereocenters. The number of benzene rings is 1. The monoisotopic (exact) mass is 290 g/mol. The highest BCUT2D eigenvalue weighted by atomic mass is 19.1. The van der Waals surface area contributed by atoms with Gasteiger partial charge >= 0.3 is 0 Å². The summed E-state index contributed by atoms with van der Waals surface area (Å²) in [5, 5.41) is 0. The van der Waals surface area contributed by atoms with Crippen molar-refractivity contribution >= 4 is 11.2 Å². The SMILES string of the molecule is Fc1cccc(-n2c(-c3ccccn3)nc3cccnc32)c1. The van der Waals surface area contributed by atoms with Crippen LogP contribution in [0.15, 0.2) is 67.0 Å². The van der Waals surface area contributed by atoms with E-state index >= 15 is 0 Å². The minimum absolute atomic E-state index is 0.303. The average molecular weight is 290 g/mol. The molecule has 0 atom stereocenters. The summed E-state index contributed by atoms with van der Waals surface area (Å²) in [5.74, 6) is 0.335. The number of imidazole rings is 1. The Morgan fingerprint density at radius 3 is 2.59 bits per heavy atom. The maximum atomic E-state index is 13.6. The third-order valence-electron chi connectivity index (χ3n) is 3.38. The summed E-state index contributed by atoms with van der Waals surface area (Å²) < 4.78 is 15.4. The van der Waals surface area contributed by atoms with Crippen LogP contribution in [0.2, 0.25) is 0 Å². The van der Waals surface area contributed by atoms with Gasteiger partial charge in [-0.1, -0.05) is 12.1 Å². The Kier molecular flexibility index (Phi) is 2.89. The van der Waals surface area contributed by atoms with Crippen LogP contribution < -0.4 is 0 Å². The molecule has 4 rings (SSSR count). The van der Waals surface area contributed by atoms with E-state index < -0.39 is 0 Å². The Hall–Kier alpha value is -3.08. The van der Waals surface area contributed by atoms with Crippen molar-refractivity contribution in [3.05, 3.63) is 72.8 Å². The molecule has 0 N–H and O–H groups in total. The summed E-state index contributed by atoms with van der Waals surface area (Å²) in [6.45, 7) is 0. The zero-order valence-corrected chi connectivity index (χ0v) is 11.5. The number of hydrogen-bond donors (Lipinski definition) is 0. The zero-order chi connectivity index (χ0) is 14.9. The van der Waals surface area contributed by atoms with Crippen molar-refractivity contribution in [2.75, 3.05) is 0 Å². The zero-order valence-electron chi connectivity index (χ0n) is 11.5. The molecule has 4 nitrogen and oxygen atoms in total. The van der Waals surface area contributed by atoms with Gasteiger partial charge in [0.25, 0.3) is 0 Å². The lowest BCUT2D eigenvalue weighted by Gasteiger charge is -2.08. The van der Waals surface area contributed by atoms with Gasteiger partial charge in [0.2, 0.25) is 0 Å². The molecule has 0 saturated carbocycles. The molecule has 106 valence electrons. The molecule has 22 heavy (non-hydrogen) atoms. The van der Waals surface area contributed by atoms with Crippen LogP contribution in [0, 0.1) is 5.82 Å². The van der Waals surface area contributed by atoms with E-state index in [9.17, 15) is 4.39 Å². The van der Waals surface area contributed by atoms with Crippen molar-refractivity contribution < 1.29 is 4.39 Å². The van der Waals surface area contributed by atoms with Crippen LogP contribution in [0.3, 0.4) is 0 Å². The van der Waals surface area contributed by atoms with Gasteiger partial charge < -0.3 is 0 Å². The summed E-state index contributed by atoms with van der Waals surface area (Å²) in [5.41, 5.74) is 2.80. The van der Waals surface area contributed by atoms with E-state index in [1.165, 1.54) is 12.1 Å². The lowest BCUT2D eigenvalue weighted by atomic mass is 10.3. The largest absolute Gasteiger partial charge is 0.275 e. The van der Waals surface area contributed by atoms with Crippen molar-refractivity contribution in [1.82, 2.24) is 19.5 Å². The van der Waals surface area contributed by atoms with E-state index in [1.807, 2.05) is 41.0 Å². The van der Waals surface area contributed by atoms with Crippen LogP contribution in [-0.2, 0) is 0 Å². The van der Waals surface area contributed by atoms with E-state index in [1.54, 1.807) is 18.5 Å². The number of aromatic nitrogens is 4. The van der Waals surface area contributed by atoms with Crippen LogP contribution in [0.1, 0.15) is 0 Å². The van der Waals surface area contributed by atoms with Gasteiger partial charge in [-0.3, -0.25) is 9.55 Å². The second-order valence-electron chi connectivity index (χ2n) is 4.81. The van der Waals surface area contributed by atoms with Crippen LogP contribution in [0.5, 0.6) is 0 Å². The van der Waals surface area contributed by atoms with Crippen molar-refractivity contribution in [2.24, 2.45) is 0 Å². The van der Waals surface area contributed by atoms with E-state index in [4.69, 9.17) is 0 Å². The first-order valence-corrected chi connectivity index (χ1v) is 6.84. The van der Waals surface area contributed by atoms with Gasteiger partial charge in [-0.25, -0.2) is 14.4 Å². The average Bonchev–Trinajstić information content (AvgIpc) is 2.95. The first-order chi connectivity index (χ1) is 10.8. The van der Waals surface area contributed by atoms with Crippen LogP contribution in [0.25, 0.3) is 28.4 Å². The molecule has 0 bridgehead atoms. The topological polar surface area (TPSA) is 43.6 Å². The van der Waals surface area contributed by atoms with Crippen molar-refractivity contribution in [3.63, 3.8) is 0 Å². The molecule has 0 aliphatic rings. The number of hydrogen-bond acceptors (Lipinski definition) is 3. The van der Waals surface area contributed by atoms with Gasteiger partial charge in [0.15, 0.2) is 11.5 Å². The van der Waals surface area contributed by atoms with Gasteiger partial charge in [-0.15, -0.1) is 0 Å². The summed E-state index contributed by atoms with van der Waals surface area (Å²) in [6, 6.07) is 15.7. The molecule has 3 heterocycles. The smallest absolute Gasteiger partial charge is 0.165 e. The minimum atomic E-state index is -0.303. The molecular formula is C17H11FN4. The Bertz CT molecular complexity index is 947. The fourth-order valence-electron chi connectivity index (χ4n) is 2.44. The molecule has 0 aliphatic heterocycles. The second-order valence-corrected chi connectivity index (χ2v) is 4.81. The second kappa shape index (κ2) is 5.04. The third-order valence-corrected chi connectivity index (χ3v) is 3.38. The third kappa shape index (κ3) is 2.03. The standard InChI is InChI=1S/C17H11FN4/c18-12-5-3-6-13(11-12)22-16-15(8-4-10-20-16)21-17(22)14-7-1-2-9-19-14/h1-11H. The van der Waals surface area contributed by atoms with Crippen molar-refractivity contribution in [3.8, 4) is 17.2 Å². The molecule has 4 aromatic rings. The van der Waals surface area contributed by atoms with Crippen LogP contribution in [-0.4, -0.2) is 19.5 Å². The lowest BCUT2D eigenvalue weighted by Crippen LogP contribution is -2.00. The summed E-state index contributed by atoms with van der Waals surface area (Å²) in [6.07, 6.45) is 3.40. The molecular weight excluding hydrogens is 279 g/mol. The molecule has 1 aromatic carbocycles. The maximum absolute atomic E-state index is 13.6. The molecule has 5 heteroatoms. The molecule has 0 spiro atoms. The quantitative estimate of drug-likeness (QED) is 0.566. The van der Waals surface area contributed by atoms with Gasteiger partial charge in [-0.05, 0) is 42.5 Å². The molecule has 0 fully saturated rings. The molecule has 3 aromatic heterocycles. The predicted molar refractivity (Wildman–Crippen MR) is 82.1 cm³/mol. The Balaban J connectivity index is 2.07. The highest BCUT2D eigenvalue weighted by Gasteiger charge is 2.15. The fourth-order valence-corrected chi connectivity index (χ4v) is 2.44. The van der Waals surface area contributed by atoms with E-state index in [0.29, 0.717) is 22.9 Å². The molecule has 0 radical (unpaired) electrons. The Morgan fingerprint density at radius 2 is 1.77 bits per heavy atom. The van der Waals surface area contributed by atoms with E-state index in [2.05, 4.69) is 15.0 Å². The summed E-state index contributed by atoms with van der Waals surface area (Å²) in [4.78, 5) is 13.3. The summed E-state index contributed by atoms with van der Waals surface area (Å²) in [7, 11) is 0. The maximum Gasteiger partial charge on any atom is 0.165 e.